The van der Waals surface area contributed by atoms with Crippen LogP contribution in [0.25, 0.3) is 0 Å². The maximum absolute atomic E-state index is 8.90. The summed E-state index contributed by atoms with van der Waals surface area (Å²) in [6, 6.07) is 3.69. The van der Waals surface area contributed by atoms with E-state index in [1.54, 1.807) is 24.0 Å². The van der Waals surface area contributed by atoms with E-state index in [4.69, 9.17) is 16.0 Å². The molecule has 4 N–H and O–H groups in total. The summed E-state index contributed by atoms with van der Waals surface area (Å²) in [6.45, 7) is 2.21. The molecule has 0 spiro atoms. The Labute approximate surface area is 105 Å². The third-order valence-electron chi connectivity index (χ3n) is 2.18. The third-order valence-corrected chi connectivity index (χ3v) is 3.52. The number of thioether (sulfide) groups is 1. The second-order valence-corrected chi connectivity index (χ2v) is 4.87. The van der Waals surface area contributed by atoms with Crippen molar-refractivity contribution >= 4 is 17.6 Å². The maximum Gasteiger partial charge on any atom is 0.188 e. The number of oxime groups is 1. The molecule has 0 aliphatic rings. The van der Waals surface area contributed by atoms with E-state index < -0.39 is 0 Å². The van der Waals surface area contributed by atoms with Gasteiger partial charge < -0.3 is 16.0 Å². The second-order valence-electron chi connectivity index (χ2n) is 3.84. The summed E-state index contributed by atoms with van der Waals surface area (Å²) in [5.74, 6) is 2.03. The summed E-state index contributed by atoms with van der Waals surface area (Å²) in [5.41, 5.74) is 7.00. The van der Waals surface area contributed by atoms with Gasteiger partial charge >= 0.3 is 0 Å². The van der Waals surface area contributed by atoms with Crippen molar-refractivity contribution in [2.24, 2.45) is 16.8 Å². The molecule has 1 aromatic heterocycles. The van der Waals surface area contributed by atoms with Crippen LogP contribution in [0.4, 0.5) is 0 Å². The molecule has 5 nitrogen and oxygen atoms in total. The number of hydrogen-bond donors (Lipinski definition) is 3. The van der Waals surface area contributed by atoms with Gasteiger partial charge in [-0.05, 0) is 29.4 Å². The van der Waals surface area contributed by atoms with Crippen LogP contribution in [-0.4, -0.2) is 33.5 Å². The van der Waals surface area contributed by atoms with Gasteiger partial charge in [0.15, 0.2) is 5.84 Å². The van der Waals surface area contributed by atoms with Crippen molar-refractivity contribution in [2.45, 2.75) is 12.7 Å². The van der Waals surface area contributed by atoms with E-state index in [1.807, 2.05) is 13.0 Å². The maximum atomic E-state index is 8.90. The first kappa shape index (κ1) is 13.8. The molecule has 1 aromatic rings. The Morgan fingerprint density at radius 1 is 1.65 bits per heavy atom. The minimum absolute atomic E-state index is 0.0144. The molecule has 17 heavy (non-hydrogen) atoms. The number of nitrogens with zero attached hydrogens (tertiary/aromatic N) is 2. The van der Waals surface area contributed by atoms with Gasteiger partial charge in [0.2, 0.25) is 0 Å². The van der Waals surface area contributed by atoms with Crippen LogP contribution in [-0.2, 0) is 5.75 Å². The highest BCUT2D eigenvalue weighted by atomic mass is 32.2. The standard InChI is InChI=1S/C11H17N3O2S/c1-8(5-15)6-17-7-9-2-3-13-10(4-9)11(12)14-16/h2-4,8,15-16H,5-7H2,1H3,(H2,12,14). The molecule has 0 amide bonds. The normalized spacial score (nSPS) is 13.6. The first-order valence-corrected chi connectivity index (χ1v) is 6.44. The molecule has 0 aromatic carbocycles. The molecule has 1 atom stereocenters. The number of nitrogens with two attached hydrogens (primary N) is 1. The molecule has 0 saturated heterocycles. The average molecular weight is 255 g/mol. The van der Waals surface area contributed by atoms with E-state index in [9.17, 15) is 0 Å². The lowest BCUT2D eigenvalue weighted by molar-refractivity contribution is 0.250. The molecule has 0 saturated carbocycles. The Morgan fingerprint density at radius 2 is 2.41 bits per heavy atom. The topological polar surface area (TPSA) is 91.7 Å². The number of aliphatic hydroxyl groups excluding tert-OH is 1. The molecule has 1 unspecified atom stereocenters. The highest BCUT2D eigenvalue weighted by Gasteiger charge is 2.04. The molecule has 0 aliphatic heterocycles. The Balaban J connectivity index is 2.54. The Kier molecular flexibility index (Phi) is 5.79. The van der Waals surface area contributed by atoms with Crippen molar-refractivity contribution in [3.8, 4) is 0 Å². The highest BCUT2D eigenvalue weighted by Crippen LogP contribution is 2.15. The number of aromatic nitrogens is 1. The first-order chi connectivity index (χ1) is 8.17. The third kappa shape index (κ3) is 4.62. The number of pyridine rings is 1. The second kappa shape index (κ2) is 7.13. The molecular formula is C11H17N3O2S. The minimum Gasteiger partial charge on any atom is -0.409 e. The van der Waals surface area contributed by atoms with Crippen LogP contribution in [0.2, 0.25) is 0 Å². The lowest BCUT2D eigenvalue weighted by atomic mass is 10.2. The number of rotatable bonds is 6. The van der Waals surface area contributed by atoms with Crippen LogP contribution < -0.4 is 5.73 Å². The fraction of sp³-hybridized carbons (Fsp3) is 0.455. The summed E-state index contributed by atoms with van der Waals surface area (Å²) in [7, 11) is 0. The number of hydrogen-bond acceptors (Lipinski definition) is 5. The molecule has 1 rings (SSSR count). The summed E-state index contributed by atoms with van der Waals surface area (Å²) in [4.78, 5) is 4.00. The molecule has 0 fully saturated rings. The van der Waals surface area contributed by atoms with Crippen LogP contribution in [0.15, 0.2) is 23.5 Å². The van der Waals surface area contributed by atoms with Crippen molar-refractivity contribution < 1.29 is 10.3 Å². The van der Waals surface area contributed by atoms with Crippen LogP contribution in [0.1, 0.15) is 18.2 Å². The Morgan fingerprint density at radius 3 is 3.06 bits per heavy atom. The Bertz CT molecular complexity index is 385. The largest absolute Gasteiger partial charge is 0.409 e. The number of aliphatic hydroxyl groups is 1. The van der Waals surface area contributed by atoms with Crippen LogP contribution in [0.3, 0.4) is 0 Å². The average Bonchev–Trinajstić information content (AvgIpc) is 2.38. The quantitative estimate of drug-likeness (QED) is 0.306. The fourth-order valence-electron chi connectivity index (χ4n) is 1.19. The van der Waals surface area contributed by atoms with E-state index in [2.05, 4.69) is 10.1 Å². The zero-order chi connectivity index (χ0) is 12.7. The summed E-state index contributed by atoms with van der Waals surface area (Å²) >= 11 is 1.74. The van der Waals surface area contributed by atoms with Gasteiger partial charge in [0.25, 0.3) is 0 Å². The molecular weight excluding hydrogens is 238 g/mol. The van der Waals surface area contributed by atoms with Crippen LogP contribution in [0, 0.1) is 5.92 Å². The number of amidine groups is 1. The van der Waals surface area contributed by atoms with Crippen molar-refractivity contribution in [1.29, 1.82) is 0 Å². The van der Waals surface area contributed by atoms with Gasteiger partial charge in [0.05, 0.1) is 0 Å². The predicted molar refractivity (Wildman–Crippen MR) is 69.2 cm³/mol. The van der Waals surface area contributed by atoms with E-state index in [0.717, 1.165) is 17.1 Å². The smallest absolute Gasteiger partial charge is 0.188 e. The molecule has 0 bridgehead atoms. The summed E-state index contributed by atoms with van der Waals surface area (Å²) in [5, 5.41) is 20.4. The lowest BCUT2D eigenvalue weighted by Crippen LogP contribution is -2.15. The van der Waals surface area contributed by atoms with Crippen molar-refractivity contribution in [3.05, 3.63) is 29.6 Å². The summed E-state index contributed by atoms with van der Waals surface area (Å²) in [6.07, 6.45) is 1.64. The lowest BCUT2D eigenvalue weighted by Gasteiger charge is -2.07. The van der Waals surface area contributed by atoms with E-state index in [0.29, 0.717) is 11.6 Å². The summed E-state index contributed by atoms with van der Waals surface area (Å²) < 4.78 is 0. The molecule has 6 heteroatoms. The van der Waals surface area contributed by atoms with Crippen molar-refractivity contribution in [1.82, 2.24) is 4.98 Å². The van der Waals surface area contributed by atoms with Gasteiger partial charge in [-0.3, -0.25) is 4.98 Å². The van der Waals surface area contributed by atoms with E-state index in [-0.39, 0.29) is 12.4 Å². The van der Waals surface area contributed by atoms with Gasteiger partial charge in [0.1, 0.15) is 5.69 Å². The van der Waals surface area contributed by atoms with Crippen LogP contribution in [0.5, 0.6) is 0 Å². The zero-order valence-electron chi connectivity index (χ0n) is 9.71. The SMILES string of the molecule is CC(CO)CSCc1ccnc(C(N)=NO)c1. The predicted octanol–water partition coefficient (Wildman–Crippen LogP) is 1.04. The fourth-order valence-corrected chi connectivity index (χ4v) is 2.23. The minimum atomic E-state index is 0.0144. The van der Waals surface area contributed by atoms with Gasteiger partial charge in [-0.2, -0.15) is 11.8 Å². The van der Waals surface area contributed by atoms with Crippen molar-refractivity contribution in [2.75, 3.05) is 12.4 Å². The van der Waals surface area contributed by atoms with Gasteiger partial charge in [-0.15, -0.1) is 0 Å². The Hall–Kier alpha value is -1.27. The zero-order valence-corrected chi connectivity index (χ0v) is 10.5. The molecule has 1 heterocycles. The van der Waals surface area contributed by atoms with Gasteiger partial charge in [-0.25, -0.2) is 0 Å². The van der Waals surface area contributed by atoms with E-state index in [1.165, 1.54) is 0 Å². The van der Waals surface area contributed by atoms with Gasteiger partial charge in [-0.1, -0.05) is 12.1 Å². The molecule has 0 aliphatic carbocycles. The van der Waals surface area contributed by atoms with E-state index >= 15 is 0 Å². The molecule has 0 radical (unpaired) electrons. The monoisotopic (exact) mass is 255 g/mol. The van der Waals surface area contributed by atoms with Crippen LogP contribution >= 0.6 is 11.8 Å². The highest BCUT2D eigenvalue weighted by molar-refractivity contribution is 7.98. The van der Waals surface area contributed by atoms with Crippen molar-refractivity contribution in [3.63, 3.8) is 0 Å². The first-order valence-electron chi connectivity index (χ1n) is 5.28. The van der Waals surface area contributed by atoms with Gasteiger partial charge in [0, 0.05) is 18.6 Å². The molecule has 94 valence electrons.